The van der Waals surface area contributed by atoms with Crippen LogP contribution in [0, 0.1) is 5.92 Å². The predicted octanol–water partition coefficient (Wildman–Crippen LogP) is 3.95. The second-order valence-electron chi connectivity index (χ2n) is 4.43. The van der Waals surface area contributed by atoms with Crippen LogP contribution >= 0.6 is 0 Å². The highest BCUT2D eigenvalue weighted by Gasteiger charge is 2.22. The lowest BCUT2D eigenvalue weighted by molar-refractivity contribution is 0.0135. The summed E-state index contributed by atoms with van der Waals surface area (Å²) in [7, 11) is 0. The maximum Gasteiger partial charge on any atom is 0.0958 e. The van der Waals surface area contributed by atoms with Crippen molar-refractivity contribution in [3.05, 3.63) is 0 Å². The van der Waals surface area contributed by atoms with E-state index < -0.39 is 0 Å². The van der Waals surface area contributed by atoms with E-state index in [4.69, 9.17) is 0 Å². The first kappa shape index (κ1) is 11.0. The fraction of sp³-hybridized carbons (Fsp3) is 1.00. The molecule has 0 amide bonds. The first-order valence-electron chi connectivity index (χ1n) is 6.00. The molecule has 13 heavy (non-hydrogen) atoms. The summed E-state index contributed by atoms with van der Waals surface area (Å²) in [6, 6.07) is 0. The maximum atomic E-state index is 11.8. The van der Waals surface area contributed by atoms with E-state index in [-0.39, 0.29) is 6.10 Å². The molecule has 1 heteroatoms. The van der Waals surface area contributed by atoms with Crippen molar-refractivity contribution < 1.29 is 5.11 Å². The van der Waals surface area contributed by atoms with Crippen LogP contribution in [0.3, 0.4) is 0 Å². The lowest BCUT2D eigenvalue weighted by Crippen LogP contribution is -2.21. The van der Waals surface area contributed by atoms with E-state index in [1.165, 1.54) is 44.9 Å². The Morgan fingerprint density at radius 3 is 2.46 bits per heavy atom. The Labute approximate surface area is 82.5 Å². The maximum absolute atomic E-state index is 11.8. The van der Waals surface area contributed by atoms with Crippen molar-refractivity contribution in [1.29, 1.82) is 0 Å². The highest BCUT2D eigenvalue weighted by atomic mass is 16.3. The average Bonchev–Trinajstić information content (AvgIpc) is 2.19. The van der Waals surface area contributed by atoms with E-state index in [0.29, 0.717) is 5.92 Å². The third-order valence-corrected chi connectivity index (χ3v) is 3.27. The fourth-order valence-electron chi connectivity index (χ4n) is 2.34. The molecule has 0 N–H and O–H groups in total. The first-order chi connectivity index (χ1) is 6.34. The summed E-state index contributed by atoms with van der Waals surface area (Å²) in [5.74, 6) is 0.519. The highest BCUT2D eigenvalue weighted by molar-refractivity contribution is 4.72. The van der Waals surface area contributed by atoms with Gasteiger partial charge < -0.3 is 0 Å². The minimum atomic E-state index is -0.244. The monoisotopic (exact) mass is 183 g/mol. The zero-order chi connectivity index (χ0) is 9.52. The number of unbranched alkanes of at least 4 members (excludes halogenated alkanes) is 2. The van der Waals surface area contributed by atoms with Gasteiger partial charge in [0.15, 0.2) is 0 Å². The largest absolute Gasteiger partial charge is 0.233 e. The predicted molar refractivity (Wildman–Crippen MR) is 55.2 cm³/mol. The molecule has 1 radical (unpaired) electrons. The molecule has 0 aromatic carbocycles. The Kier molecular flexibility index (Phi) is 5.45. The summed E-state index contributed by atoms with van der Waals surface area (Å²) in [5.41, 5.74) is 0. The Hall–Kier alpha value is -0.0400. The summed E-state index contributed by atoms with van der Waals surface area (Å²) in [4.78, 5) is 0. The SMILES string of the molecule is CCCCCC([O])C1CCCCC1. The molecule has 0 aliphatic heterocycles. The molecule has 0 bridgehead atoms. The minimum Gasteiger partial charge on any atom is -0.233 e. The Bertz CT molecular complexity index is 116. The summed E-state index contributed by atoms with van der Waals surface area (Å²) in [5, 5.41) is 11.8. The standard InChI is InChI=1S/C12H23O/c1-2-3-5-10-12(13)11-8-6-4-7-9-11/h11-12H,2-10H2,1H3. The molecular formula is C12H23O. The first-order valence-corrected chi connectivity index (χ1v) is 6.00. The van der Waals surface area contributed by atoms with Gasteiger partial charge in [-0.2, -0.15) is 0 Å². The molecule has 1 aliphatic rings. The van der Waals surface area contributed by atoms with Crippen LogP contribution in [0.25, 0.3) is 0 Å². The van der Waals surface area contributed by atoms with E-state index in [9.17, 15) is 5.11 Å². The van der Waals surface area contributed by atoms with Crippen LogP contribution in [0.2, 0.25) is 0 Å². The molecule has 0 aromatic heterocycles. The van der Waals surface area contributed by atoms with Gasteiger partial charge in [-0.15, -0.1) is 0 Å². The molecule has 0 saturated heterocycles. The van der Waals surface area contributed by atoms with E-state index in [2.05, 4.69) is 6.92 Å². The molecule has 0 spiro atoms. The van der Waals surface area contributed by atoms with Crippen LogP contribution in [0.15, 0.2) is 0 Å². The van der Waals surface area contributed by atoms with Gasteiger partial charge in [-0.1, -0.05) is 45.4 Å². The molecule has 1 fully saturated rings. The van der Waals surface area contributed by atoms with Gasteiger partial charge in [0.25, 0.3) is 0 Å². The minimum absolute atomic E-state index is 0.244. The van der Waals surface area contributed by atoms with Crippen LogP contribution in [0.1, 0.15) is 64.7 Å². The molecule has 1 aliphatic carbocycles. The Morgan fingerprint density at radius 2 is 1.85 bits per heavy atom. The third kappa shape index (κ3) is 4.12. The zero-order valence-corrected chi connectivity index (χ0v) is 8.93. The van der Waals surface area contributed by atoms with Crippen molar-refractivity contribution in [1.82, 2.24) is 0 Å². The topological polar surface area (TPSA) is 19.9 Å². The van der Waals surface area contributed by atoms with Gasteiger partial charge in [0.2, 0.25) is 0 Å². The smallest absolute Gasteiger partial charge is 0.0958 e. The van der Waals surface area contributed by atoms with Crippen LogP contribution in [-0.4, -0.2) is 6.10 Å². The van der Waals surface area contributed by atoms with Crippen LogP contribution in [0.4, 0.5) is 0 Å². The van der Waals surface area contributed by atoms with Gasteiger partial charge in [0.05, 0.1) is 6.10 Å². The molecule has 1 saturated carbocycles. The second kappa shape index (κ2) is 6.42. The molecular weight excluding hydrogens is 160 g/mol. The zero-order valence-electron chi connectivity index (χ0n) is 8.93. The van der Waals surface area contributed by atoms with Gasteiger partial charge in [0.1, 0.15) is 0 Å². The normalized spacial score (nSPS) is 21.7. The molecule has 1 rings (SSSR count). The van der Waals surface area contributed by atoms with Crippen LogP contribution < -0.4 is 0 Å². The average molecular weight is 183 g/mol. The molecule has 1 unspecified atom stereocenters. The number of rotatable bonds is 5. The van der Waals surface area contributed by atoms with Gasteiger partial charge in [0, 0.05) is 0 Å². The number of hydrogen-bond donors (Lipinski definition) is 0. The molecule has 0 heterocycles. The quantitative estimate of drug-likeness (QED) is 0.575. The lowest BCUT2D eigenvalue weighted by Gasteiger charge is -2.24. The fourth-order valence-corrected chi connectivity index (χ4v) is 2.34. The van der Waals surface area contributed by atoms with Crippen molar-refractivity contribution >= 4 is 0 Å². The van der Waals surface area contributed by atoms with Crippen molar-refractivity contribution in [2.24, 2.45) is 5.92 Å². The van der Waals surface area contributed by atoms with Gasteiger partial charge in [-0.3, -0.25) is 0 Å². The van der Waals surface area contributed by atoms with E-state index >= 15 is 0 Å². The highest BCUT2D eigenvalue weighted by Crippen LogP contribution is 2.28. The van der Waals surface area contributed by atoms with E-state index in [0.717, 1.165) is 12.8 Å². The molecule has 1 nitrogen and oxygen atoms in total. The van der Waals surface area contributed by atoms with E-state index in [1.54, 1.807) is 0 Å². The summed E-state index contributed by atoms with van der Waals surface area (Å²) >= 11 is 0. The van der Waals surface area contributed by atoms with Crippen molar-refractivity contribution in [2.75, 3.05) is 0 Å². The summed E-state index contributed by atoms with van der Waals surface area (Å²) < 4.78 is 0. The van der Waals surface area contributed by atoms with Gasteiger partial charge in [-0.05, 0) is 25.2 Å². The van der Waals surface area contributed by atoms with Gasteiger partial charge in [-0.25, -0.2) is 5.11 Å². The second-order valence-corrected chi connectivity index (χ2v) is 4.43. The van der Waals surface area contributed by atoms with Gasteiger partial charge >= 0.3 is 0 Å². The summed E-state index contributed by atoms with van der Waals surface area (Å²) in [6.07, 6.45) is 10.7. The molecule has 1 atom stereocenters. The molecule has 0 aromatic rings. The molecule has 77 valence electrons. The van der Waals surface area contributed by atoms with Crippen molar-refractivity contribution in [3.63, 3.8) is 0 Å². The summed E-state index contributed by atoms with van der Waals surface area (Å²) in [6.45, 7) is 2.19. The third-order valence-electron chi connectivity index (χ3n) is 3.27. The lowest BCUT2D eigenvalue weighted by atomic mass is 9.83. The van der Waals surface area contributed by atoms with Crippen LogP contribution in [0.5, 0.6) is 0 Å². The van der Waals surface area contributed by atoms with Crippen LogP contribution in [-0.2, 0) is 5.11 Å². The van der Waals surface area contributed by atoms with Crippen molar-refractivity contribution in [3.8, 4) is 0 Å². The Morgan fingerprint density at radius 1 is 1.15 bits per heavy atom. The Balaban J connectivity index is 2.09. The number of hydrogen-bond acceptors (Lipinski definition) is 0. The van der Waals surface area contributed by atoms with E-state index in [1.807, 2.05) is 0 Å². The van der Waals surface area contributed by atoms with Crippen molar-refractivity contribution in [2.45, 2.75) is 70.8 Å².